The molecular weight excluding hydrogens is 266 g/mol. The lowest BCUT2D eigenvalue weighted by molar-refractivity contribution is 0.234. The zero-order chi connectivity index (χ0) is 10.1. The van der Waals surface area contributed by atoms with Gasteiger partial charge in [0.15, 0.2) is 0 Å². The second-order valence-electron chi connectivity index (χ2n) is 2.26. The highest BCUT2D eigenvalue weighted by atomic mass is 79.9. The molecular formula is C7H5BrF2O2S. The van der Waals surface area contributed by atoms with E-state index in [0.717, 1.165) is 12.1 Å². The van der Waals surface area contributed by atoms with Gasteiger partial charge in [0.2, 0.25) is 9.84 Å². The Morgan fingerprint density at radius 2 is 1.62 bits per heavy atom. The van der Waals surface area contributed by atoms with E-state index in [1.165, 1.54) is 12.1 Å². The summed E-state index contributed by atoms with van der Waals surface area (Å²) in [5.74, 6) is -3.37. The lowest BCUT2D eigenvalue weighted by Gasteiger charge is -2.01. The Morgan fingerprint density at radius 1 is 1.15 bits per heavy atom. The van der Waals surface area contributed by atoms with E-state index in [1.54, 1.807) is 0 Å². The molecule has 1 rings (SSSR count). The molecule has 0 aliphatic carbocycles. The molecule has 0 aromatic heterocycles. The molecule has 1 aromatic carbocycles. The zero-order valence-corrected chi connectivity index (χ0v) is 8.65. The first-order valence-electron chi connectivity index (χ1n) is 3.22. The van der Waals surface area contributed by atoms with Crippen molar-refractivity contribution in [2.75, 3.05) is 0 Å². The van der Waals surface area contributed by atoms with Crippen LogP contribution >= 0.6 is 15.9 Å². The first kappa shape index (κ1) is 10.6. The number of alkyl halides is 2. The highest BCUT2D eigenvalue weighted by Gasteiger charge is 2.25. The van der Waals surface area contributed by atoms with Gasteiger partial charge in [0, 0.05) is 4.47 Å². The van der Waals surface area contributed by atoms with Crippen molar-refractivity contribution in [3.05, 3.63) is 28.7 Å². The van der Waals surface area contributed by atoms with Gasteiger partial charge in [0.25, 0.3) is 0 Å². The van der Waals surface area contributed by atoms with E-state index in [-0.39, 0.29) is 4.90 Å². The Bertz CT molecular complexity index is 385. The van der Waals surface area contributed by atoms with Crippen LogP contribution in [0.5, 0.6) is 0 Å². The molecule has 0 saturated carbocycles. The average Bonchev–Trinajstić information content (AvgIpc) is 2.04. The summed E-state index contributed by atoms with van der Waals surface area (Å²) in [6.07, 6.45) is 0. The van der Waals surface area contributed by atoms with Crippen molar-refractivity contribution in [3.8, 4) is 0 Å². The summed E-state index contributed by atoms with van der Waals surface area (Å²) in [4.78, 5) is -0.370. The Kier molecular flexibility index (Phi) is 3.02. The molecule has 0 aliphatic heterocycles. The van der Waals surface area contributed by atoms with Gasteiger partial charge in [-0.25, -0.2) is 8.42 Å². The summed E-state index contributed by atoms with van der Waals surface area (Å²) in [7, 11) is -4.45. The third-order valence-corrected chi connectivity index (χ3v) is 3.30. The molecule has 0 bridgehead atoms. The molecule has 0 atom stereocenters. The molecule has 72 valence electrons. The summed E-state index contributed by atoms with van der Waals surface area (Å²) in [5.41, 5.74) is 0. The molecule has 0 saturated heterocycles. The molecule has 0 aliphatic rings. The van der Waals surface area contributed by atoms with Crippen molar-refractivity contribution in [1.29, 1.82) is 0 Å². The van der Waals surface area contributed by atoms with Crippen molar-refractivity contribution in [1.82, 2.24) is 0 Å². The molecule has 6 heteroatoms. The van der Waals surface area contributed by atoms with Crippen molar-refractivity contribution < 1.29 is 17.2 Å². The lowest BCUT2D eigenvalue weighted by atomic mass is 10.4. The number of benzene rings is 1. The fraction of sp³-hybridized carbons (Fsp3) is 0.143. The third-order valence-electron chi connectivity index (χ3n) is 1.38. The van der Waals surface area contributed by atoms with Gasteiger partial charge in [-0.1, -0.05) is 15.9 Å². The van der Waals surface area contributed by atoms with E-state index >= 15 is 0 Å². The van der Waals surface area contributed by atoms with Crippen LogP contribution in [0.1, 0.15) is 0 Å². The van der Waals surface area contributed by atoms with Crippen LogP contribution in [-0.4, -0.2) is 14.2 Å². The maximum absolute atomic E-state index is 12.0. The summed E-state index contributed by atoms with van der Waals surface area (Å²) >= 11 is 3.07. The highest BCUT2D eigenvalue weighted by Crippen LogP contribution is 2.20. The topological polar surface area (TPSA) is 34.1 Å². The Hall–Kier alpha value is -0.490. The Balaban J connectivity index is 3.17. The Morgan fingerprint density at radius 3 is 2.00 bits per heavy atom. The summed E-state index contributed by atoms with van der Waals surface area (Å²) in [6.45, 7) is 0. The van der Waals surface area contributed by atoms with E-state index in [1.807, 2.05) is 0 Å². The predicted octanol–water partition coefficient (Wildman–Crippen LogP) is 2.45. The molecule has 2 nitrogen and oxygen atoms in total. The molecule has 13 heavy (non-hydrogen) atoms. The van der Waals surface area contributed by atoms with E-state index < -0.39 is 15.6 Å². The summed E-state index contributed by atoms with van der Waals surface area (Å²) in [6, 6.07) is 5.06. The minimum absolute atomic E-state index is 0.370. The fourth-order valence-corrected chi connectivity index (χ4v) is 1.71. The number of hydrogen-bond donors (Lipinski definition) is 0. The van der Waals surface area contributed by atoms with Crippen molar-refractivity contribution >= 4 is 25.8 Å². The number of hydrogen-bond acceptors (Lipinski definition) is 2. The molecule has 0 spiro atoms. The smallest absolute Gasteiger partial charge is 0.218 e. The van der Waals surface area contributed by atoms with E-state index in [2.05, 4.69) is 15.9 Å². The van der Waals surface area contributed by atoms with Crippen LogP contribution in [0, 0.1) is 0 Å². The predicted molar refractivity (Wildman–Crippen MR) is 47.3 cm³/mol. The normalized spacial score (nSPS) is 12.0. The third kappa shape index (κ3) is 2.25. The van der Waals surface area contributed by atoms with Gasteiger partial charge < -0.3 is 0 Å². The van der Waals surface area contributed by atoms with Crippen molar-refractivity contribution in [2.24, 2.45) is 0 Å². The maximum Gasteiger partial charge on any atom is 0.341 e. The number of rotatable bonds is 2. The fourth-order valence-electron chi connectivity index (χ4n) is 0.727. The largest absolute Gasteiger partial charge is 0.341 e. The monoisotopic (exact) mass is 270 g/mol. The minimum atomic E-state index is -4.45. The lowest BCUT2D eigenvalue weighted by Crippen LogP contribution is -2.10. The SMILES string of the molecule is O=S(=O)(c1ccc(Br)cc1)C(F)F. The van der Waals surface area contributed by atoms with Crippen molar-refractivity contribution in [3.63, 3.8) is 0 Å². The molecule has 0 amide bonds. The molecule has 0 unspecified atom stereocenters. The first-order chi connectivity index (χ1) is 5.94. The molecule has 0 N–H and O–H groups in total. The summed E-state index contributed by atoms with van der Waals surface area (Å²) in [5, 5.41) is 0. The Labute approximate surface area is 82.6 Å². The zero-order valence-electron chi connectivity index (χ0n) is 6.25. The van der Waals surface area contributed by atoms with Gasteiger partial charge in [-0.3, -0.25) is 0 Å². The van der Waals surface area contributed by atoms with Crippen LogP contribution in [0.3, 0.4) is 0 Å². The first-order valence-corrected chi connectivity index (χ1v) is 5.56. The van der Waals surface area contributed by atoms with Gasteiger partial charge in [-0.15, -0.1) is 0 Å². The van der Waals surface area contributed by atoms with Crippen LogP contribution < -0.4 is 0 Å². The van der Waals surface area contributed by atoms with Crippen LogP contribution in [0.4, 0.5) is 8.78 Å². The van der Waals surface area contributed by atoms with Gasteiger partial charge in [-0.05, 0) is 24.3 Å². The number of sulfone groups is 1. The molecule has 0 radical (unpaired) electrons. The standard InChI is InChI=1S/C7H5BrF2O2S/c8-5-1-3-6(4-2-5)13(11,12)7(9)10/h1-4,7H. The van der Waals surface area contributed by atoms with Gasteiger partial charge in [0.05, 0.1) is 4.90 Å². The van der Waals surface area contributed by atoms with E-state index in [9.17, 15) is 17.2 Å². The highest BCUT2D eigenvalue weighted by molar-refractivity contribution is 9.10. The second kappa shape index (κ2) is 3.71. The minimum Gasteiger partial charge on any atom is -0.218 e. The molecule has 0 heterocycles. The van der Waals surface area contributed by atoms with Gasteiger partial charge in [-0.2, -0.15) is 8.78 Å². The molecule has 1 aromatic rings. The maximum atomic E-state index is 12.0. The second-order valence-corrected chi connectivity index (χ2v) is 5.09. The van der Waals surface area contributed by atoms with Crippen LogP contribution in [0.15, 0.2) is 33.6 Å². The van der Waals surface area contributed by atoms with Crippen molar-refractivity contribution in [2.45, 2.75) is 10.7 Å². The van der Waals surface area contributed by atoms with Crippen LogP contribution in [0.25, 0.3) is 0 Å². The van der Waals surface area contributed by atoms with Gasteiger partial charge >= 0.3 is 5.76 Å². The summed E-state index contributed by atoms with van der Waals surface area (Å²) < 4.78 is 46.4. The quantitative estimate of drug-likeness (QED) is 0.827. The van der Waals surface area contributed by atoms with Gasteiger partial charge in [0.1, 0.15) is 0 Å². The number of halogens is 3. The van der Waals surface area contributed by atoms with E-state index in [0.29, 0.717) is 4.47 Å². The van der Waals surface area contributed by atoms with Crippen LogP contribution in [0.2, 0.25) is 0 Å². The molecule has 0 fully saturated rings. The average molecular weight is 271 g/mol. The van der Waals surface area contributed by atoms with E-state index in [4.69, 9.17) is 0 Å². The van der Waals surface area contributed by atoms with Crippen LogP contribution in [-0.2, 0) is 9.84 Å².